The minimum atomic E-state index is -3.75. The quantitative estimate of drug-likeness (QED) is 0.583. The van der Waals surface area contributed by atoms with Gasteiger partial charge in [-0.1, -0.05) is 49.4 Å². The lowest BCUT2D eigenvalue weighted by molar-refractivity contribution is -0.141. The normalized spacial score (nSPS) is 12.7. The summed E-state index contributed by atoms with van der Waals surface area (Å²) in [5.41, 5.74) is 2.56. The van der Waals surface area contributed by atoms with Crippen LogP contribution in [0.15, 0.2) is 48.5 Å². The Morgan fingerprint density at radius 3 is 2.15 bits per heavy atom. The van der Waals surface area contributed by atoms with Crippen LogP contribution in [0, 0.1) is 13.8 Å². The van der Waals surface area contributed by atoms with Crippen LogP contribution in [0.4, 0.5) is 5.69 Å². The molecule has 34 heavy (non-hydrogen) atoms. The number of carbonyl (C=O) groups excluding carboxylic acids is 2. The van der Waals surface area contributed by atoms with Crippen molar-refractivity contribution in [3.63, 3.8) is 0 Å². The maximum absolute atomic E-state index is 13.7. The molecule has 186 valence electrons. The Morgan fingerprint density at radius 1 is 1.00 bits per heavy atom. The van der Waals surface area contributed by atoms with Gasteiger partial charge in [0.2, 0.25) is 21.8 Å². The largest absolute Gasteiger partial charge is 0.350 e. The van der Waals surface area contributed by atoms with Crippen molar-refractivity contribution >= 4 is 27.5 Å². The van der Waals surface area contributed by atoms with E-state index in [9.17, 15) is 18.0 Å². The van der Waals surface area contributed by atoms with Gasteiger partial charge in [-0.15, -0.1) is 0 Å². The Bertz CT molecular complexity index is 1110. The number of nitrogens with zero attached hydrogens (tertiary/aromatic N) is 2. The molecule has 2 rings (SSSR count). The number of sulfonamides is 1. The molecular formula is C26H37N3O4S. The van der Waals surface area contributed by atoms with Gasteiger partial charge >= 0.3 is 0 Å². The van der Waals surface area contributed by atoms with Crippen LogP contribution >= 0.6 is 0 Å². The molecule has 0 spiro atoms. The van der Waals surface area contributed by atoms with E-state index < -0.39 is 34.1 Å². The predicted molar refractivity (Wildman–Crippen MR) is 137 cm³/mol. The van der Waals surface area contributed by atoms with Crippen molar-refractivity contribution in [2.75, 3.05) is 17.1 Å². The number of nitrogens with one attached hydrogen (secondary N) is 1. The molecule has 8 heteroatoms. The van der Waals surface area contributed by atoms with E-state index in [1.54, 1.807) is 12.1 Å². The zero-order chi connectivity index (χ0) is 25.7. The average Bonchev–Trinajstić information content (AvgIpc) is 2.72. The second-order valence-corrected chi connectivity index (χ2v) is 11.6. The van der Waals surface area contributed by atoms with E-state index in [0.29, 0.717) is 12.1 Å². The molecule has 0 aromatic heterocycles. The third-order valence-electron chi connectivity index (χ3n) is 5.60. The minimum absolute atomic E-state index is 0.195. The number of rotatable bonds is 9. The number of anilines is 1. The first-order valence-corrected chi connectivity index (χ1v) is 13.3. The van der Waals surface area contributed by atoms with Crippen LogP contribution in [0.3, 0.4) is 0 Å². The monoisotopic (exact) mass is 487 g/mol. The predicted octanol–water partition coefficient (Wildman–Crippen LogP) is 3.79. The van der Waals surface area contributed by atoms with Gasteiger partial charge in [-0.05, 0) is 63.8 Å². The lowest BCUT2D eigenvalue weighted by Gasteiger charge is -2.34. The maximum atomic E-state index is 13.7. The van der Waals surface area contributed by atoms with Gasteiger partial charge in [0.1, 0.15) is 12.6 Å². The number of carbonyl (C=O) groups is 2. The summed E-state index contributed by atoms with van der Waals surface area (Å²) >= 11 is 0. The number of amides is 2. The third-order valence-corrected chi connectivity index (χ3v) is 6.73. The van der Waals surface area contributed by atoms with E-state index in [-0.39, 0.29) is 12.5 Å². The van der Waals surface area contributed by atoms with Crippen molar-refractivity contribution in [2.24, 2.45) is 0 Å². The average molecular weight is 488 g/mol. The summed E-state index contributed by atoms with van der Waals surface area (Å²) in [7, 11) is -3.75. The SMILES string of the molecule is CC[C@H](C(=O)NC(C)(C)C)N(Cc1ccccc1)C(=O)CN(c1cccc(C)c1C)S(C)(=O)=O. The Morgan fingerprint density at radius 2 is 1.62 bits per heavy atom. The van der Waals surface area contributed by atoms with E-state index in [2.05, 4.69) is 5.32 Å². The summed E-state index contributed by atoms with van der Waals surface area (Å²) in [5.74, 6) is -0.706. The van der Waals surface area contributed by atoms with Crippen LogP contribution in [0.2, 0.25) is 0 Å². The number of hydrogen-bond donors (Lipinski definition) is 1. The van der Waals surface area contributed by atoms with Crippen molar-refractivity contribution in [3.8, 4) is 0 Å². The van der Waals surface area contributed by atoms with Gasteiger partial charge < -0.3 is 10.2 Å². The minimum Gasteiger partial charge on any atom is -0.350 e. The summed E-state index contributed by atoms with van der Waals surface area (Å²) in [5, 5.41) is 2.96. The first-order valence-electron chi connectivity index (χ1n) is 11.4. The lowest BCUT2D eigenvalue weighted by atomic mass is 10.1. The number of aryl methyl sites for hydroxylation is 1. The van der Waals surface area contributed by atoms with Gasteiger partial charge in [0.25, 0.3) is 0 Å². The van der Waals surface area contributed by atoms with E-state index in [1.807, 2.05) is 77.9 Å². The van der Waals surface area contributed by atoms with Crippen molar-refractivity contribution in [2.45, 2.75) is 66.1 Å². The number of benzene rings is 2. The van der Waals surface area contributed by atoms with Crippen LogP contribution in [0.5, 0.6) is 0 Å². The van der Waals surface area contributed by atoms with E-state index in [0.717, 1.165) is 27.3 Å². The van der Waals surface area contributed by atoms with Gasteiger partial charge in [0.15, 0.2) is 0 Å². The van der Waals surface area contributed by atoms with Gasteiger partial charge in [-0.3, -0.25) is 13.9 Å². The van der Waals surface area contributed by atoms with E-state index >= 15 is 0 Å². The molecule has 2 amide bonds. The zero-order valence-corrected chi connectivity index (χ0v) is 22.1. The molecule has 0 saturated carbocycles. The topological polar surface area (TPSA) is 86.8 Å². The van der Waals surface area contributed by atoms with Crippen LogP contribution in [0.25, 0.3) is 0 Å². The molecule has 7 nitrogen and oxygen atoms in total. The molecule has 0 aliphatic heterocycles. The van der Waals surface area contributed by atoms with E-state index in [1.165, 1.54) is 4.90 Å². The summed E-state index contributed by atoms with van der Waals surface area (Å²) in [6.45, 7) is 11.0. The molecule has 0 bridgehead atoms. The Kier molecular flexibility index (Phi) is 8.89. The highest BCUT2D eigenvalue weighted by Crippen LogP contribution is 2.25. The molecular weight excluding hydrogens is 450 g/mol. The summed E-state index contributed by atoms with van der Waals surface area (Å²) in [6.07, 6.45) is 1.48. The van der Waals surface area contributed by atoms with E-state index in [4.69, 9.17) is 0 Å². The molecule has 0 fully saturated rings. The van der Waals surface area contributed by atoms with Crippen molar-refractivity contribution in [1.82, 2.24) is 10.2 Å². The first kappa shape index (κ1) is 27.4. The van der Waals surface area contributed by atoms with Crippen LogP contribution in [-0.4, -0.2) is 49.5 Å². The highest BCUT2D eigenvalue weighted by atomic mass is 32.2. The second kappa shape index (κ2) is 11.0. The Hall–Kier alpha value is -2.87. The molecule has 0 unspecified atom stereocenters. The van der Waals surface area contributed by atoms with Crippen LogP contribution in [0.1, 0.15) is 50.8 Å². The third kappa shape index (κ3) is 7.32. The molecule has 0 radical (unpaired) electrons. The van der Waals surface area contributed by atoms with Gasteiger partial charge in [-0.25, -0.2) is 8.42 Å². The molecule has 0 aliphatic carbocycles. The fourth-order valence-electron chi connectivity index (χ4n) is 3.75. The fourth-order valence-corrected chi connectivity index (χ4v) is 4.65. The molecule has 2 aromatic rings. The standard InChI is InChI=1S/C26H37N3O4S/c1-8-22(25(31)27-26(4,5)6)28(17-21-14-10-9-11-15-21)24(30)18-29(34(7,32)33)23-16-12-13-19(2)20(23)3/h9-16,22H,8,17-18H2,1-7H3,(H,27,31)/t22-/m1/s1. The van der Waals surface area contributed by atoms with Crippen LogP contribution < -0.4 is 9.62 Å². The van der Waals surface area contributed by atoms with Crippen molar-refractivity contribution in [1.29, 1.82) is 0 Å². The maximum Gasteiger partial charge on any atom is 0.244 e. The summed E-state index contributed by atoms with van der Waals surface area (Å²) in [6, 6.07) is 14.0. The smallest absolute Gasteiger partial charge is 0.244 e. The number of hydrogen-bond acceptors (Lipinski definition) is 4. The van der Waals surface area contributed by atoms with Gasteiger partial charge in [-0.2, -0.15) is 0 Å². The summed E-state index contributed by atoms with van der Waals surface area (Å²) in [4.78, 5) is 28.3. The fraction of sp³-hybridized carbons (Fsp3) is 0.462. The van der Waals surface area contributed by atoms with Crippen LogP contribution in [-0.2, 0) is 26.2 Å². The van der Waals surface area contributed by atoms with Crippen molar-refractivity contribution in [3.05, 3.63) is 65.2 Å². The molecule has 0 saturated heterocycles. The highest BCUT2D eigenvalue weighted by Gasteiger charge is 2.33. The van der Waals surface area contributed by atoms with Crippen molar-refractivity contribution < 1.29 is 18.0 Å². The Balaban J connectivity index is 2.48. The zero-order valence-electron chi connectivity index (χ0n) is 21.3. The first-order chi connectivity index (χ1) is 15.7. The second-order valence-electron chi connectivity index (χ2n) is 9.66. The molecule has 1 atom stereocenters. The lowest BCUT2D eigenvalue weighted by Crippen LogP contribution is -2.55. The van der Waals surface area contributed by atoms with Gasteiger partial charge in [0, 0.05) is 12.1 Å². The Labute approximate surface area is 204 Å². The summed E-state index contributed by atoms with van der Waals surface area (Å²) < 4.78 is 26.6. The molecule has 1 N–H and O–H groups in total. The highest BCUT2D eigenvalue weighted by molar-refractivity contribution is 7.92. The molecule has 2 aromatic carbocycles. The van der Waals surface area contributed by atoms with Gasteiger partial charge in [0.05, 0.1) is 11.9 Å². The molecule has 0 aliphatic rings. The molecule has 0 heterocycles.